The molecule has 3 N–H and O–H groups in total. The third-order valence-corrected chi connectivity index (χ3v) is 2.83. The van der Waals surface area contributed by atoms with Crippen LogP contribution in [0.25, 0.3) is 0 Å². The summed E-state index contributed by atoms with van der Waals surface area (Å²) in [6.07, 6.45) is 2.22. The summed E-state index contributed by atoms with van der Waals surface area (Å²) in [5.41, 5.74) is 0.380. The van der Waals surface area contributed by atoms with Gasteiger partial charge in [0.1, 0.15) is 0 Å². The smallest absolute Gasteiger partial charge is 0.335 e. The molecular formula is C13H19N3O3. The number of carboxylic acids is 1. The summed E-state index contributed by atoms with van der Waals surface area (Å²) in [6, 6.07) is 2.55. The van der Waals surface area contributed by atoms with Crippen LogP contribution < -0.4 is 10.6 Å². The summed E-state index contributed by atoms with van der Waals surface area (Å²) in [7, 11) is 0. The Bertz CT molecular complexity index is 472. The summed E-state index contributed by atoms with van der Waals surface area (Å²) < 4.78 is 0. The van der Waals surface area contributed by atoms with E-state index < -0.39 is 5.97 Å². The topological polar surface area (TPSA) is 91.3 Å². The highest BCUT2D eigenvalue weighted by Gasteiger charge is 2.17. The van der Waals surface area contributed by atoms with Crippen molar-refractivity contribution < 1.29 is 14.7 Å². The van der Waals surface area contributed by atoms with E-state index in [1.165, 1.54) is 18.3 Å². The van der Waals surface area contributed by atoms with Crippen LogP contribution in [0.4, 0.5) is 4.79 Å². The number of hydrogen-bond donors (Lipinski definition) is 3. The highest BCUT2D eigenvalue weighted by atomic mass is 16.4. The van der Waals surface area contributed by atoms with E-state index in [1.807, 2.05) is 20.8 Å². The number of carboxylic acid groups (broad SMARTS) is 1. The summed E-state index contributed by atoms with van der Waals surface area (Å²) in [4.78, 5) is 26.4. The van der Waals surface area contributed by atoms with Gasteiger partial charge in [0.25, 0.3) is 0 Å². The van der Waals surface area contributed by atoms with Crippen LogP contribution in [0.1, 0.15) is 43.2 Å². The fraction of sp³-hybridized carbons (Fsp3) is 0.462. The Hall–Kier alpha value is -2.11. The number of hydrogen-bond acceptors (Lipinski definition) is 3. The maximum Gasteiger partial charge on any atom is 0.335 e. The number of urea groups is 1. The zero-order chi connectivity index (χ0) is 14.5. The summed E-state index contributed by atoms with van der Waals surface area (Å²) in [5, 5.41) is 14.3. The number of amides is 2. The molecule has 1 aromatic rings. The normalized spacial score (nSPS) is 10.9. The molecule has 1 rings (SSSR count). The minimum absolute atomic E-state index is 0.154. The monoisotopic (exact) mass is 265 g/mol. The van der Waals surface area contributed by atoms with Gasteiger partial charge < -0.3 is 15.7 Å². The zero-order valence-electron chi connectivity index (χ0n) is 11.4. The molecule has 104 valence electrons. The molecule has 0 aromatic carbocycles. The van der Waals surface area contributed by atoms with E-state index in [1.54, 1.807) is 0 Å². The summed E-state index contributed by atoms with van der Waals surface area (Å²) in [6.45, 7) is 6.02. The lowest BCUT2D eigenvalue weighted by atomic mass is 10.0. The molecule has 0 spiro atoms. The number of carbonyl (C=O) groups excluding carboxylic acids is 1. The van der Waals surface area contributed by atoms with Gasteiger partial charge in [-0.3, -0.25) is 4.98 Å². The predicted molar refractivity (Wildman–Crippen MR) is 70.9 cm³/mol. The average molecular weight is 265 g/mol. The minimum atomic E-state index is -1.01. The van der Waals surface area contributed by atoms with Gasteiger partial charge in [-0.1, -0.05) is 6.92 Å². The van der Waals surface area contributed by atoms with Crippen LogP contribution in [0.3, 0.4) is 0 Å². The van der Waals surface area contributed by atoms with Gasteiger partial charge in [-0.25, -0.2) is 9.59 Å². The second-order valence-corrected chi connectivity index (χ2v) is 4.89. The lowest BCUT2D eigenvalue weighted by Crippen LogP contribution is -2.47. The number of aromatic nitrogens is 1. The number of nitrogens with zero attached hydrogens (tertiary/aromatic N) is 1. The predicted octanol–water partition coefficient (Wildman–Crippen LogP) is 1.77. The van der Waals surface area contributed by atoms with Crippen LogP contribution in [-0.2, 0) is 6.54 Å². The van der Waals surface area contributed by atoms with Crippen molar-refractivity contribution >= 4 is 12.0 Å². The minimum Gasteiger partial charge on any atom is -0.478 e. The highest BCUT2D eigenvalue weighted by Crippen LogP contribution is 2.06. The van der Waals surface area contributed by atoms with Crippen LogP contribution >= 0.6 is 0 Å². The van der Waals surface area contributed by atoms with Crippen LogP contribution in [0.15, 0.2) is 18.3 Å². The molecule has 1 aromatic heterocycles. The van der Waals surface area contributed by atoms with E-state index in [4.69, 9.17) is 5.11 Å². The van der Waals surface area contributed by atoms with Gasteiger partial charge in [-0.2, -0.15) is 0 Å². The fourth-order valence-electron chi connectivity index (χ4n) is 1.32. The second kappa shape index (κ2) is 6.17. The van der Waals surface area contributed by atoms with Gasteiger partial charge in [-0.05, 0) is 32.4 Å². The van der Waals surface area contributed by atoms with E-state index >= 15 is 0 Å². The Morgan fingerprint density at radius 1 is 1.42 bits per heavy atom. The van der Waals surface area contributed by atoms with E-state index in [9.17, 15) is 9.59 Å². The molecule has 2 amide bonds. The molecule has 6 nitrogen and oxygen atoms in total. The first kappa shape index (κ1) is 14.9. The van der Waals surface area contributed by atoms with Crippen molar-refractivity contribution in [1.29, 1.82) is 0 Å². The molecule has 1 heterocycles. The molecule has 0 saturated heterocycles. The number of nitrogens with one attached hydrogen (secondary N) is 2. The van der Waals surface area contributed by atoms with Crippen molar-refractivity contribution in [1.82, 2.24) is 15.6 Å². The largest absolute Gasteiger partial charge is 0.478 e. The number of pyridine rings is 1. The van der Waals surface area contributed by atoms with E-state index in [2.05, 4.69) is 15.6 Å². The molecule has 0 aliphatic rings. The van der Waals surface area contributed by atoms with Gasteiger partial charge in [-0.15, -0.1) is 0 Å². The quantitative estimate of drug-likeness (QED) is 0.756. The van der Waals surface area contributed by atoms with Gasteiger partial charge in [0, 0.05) is 11.7 Å². The van der Waals surface area contributed by atoms with Gasteiger partial charge in [0.05, 0.1) is 17.8 Å². The standard InChI is InChI=1S/C13H19N3O3/c1-4-13(2,3)16-12(19)15-8-10-7-9(11(17)18)5-6-14-10/h5-7H,4,8H2,1-3H3,(H,17,18)(H2,15,16,19). The molecule has 19 heavy (non-hydrogen) atoms. The van der Waals surface area contributed by atoms with Crippen molar-refractivity contribution in [3.8, 4) is 0 Å². The van der Waals surface area contributed by atoms with Gasteiger partial charge in [0.2, 0.25) is 0 Å². The maximum absolute atomic E-state index is 11.6. The number of carbonyl (C=O) groups is 2. The van der Waals surface area contributed by atoms with Crippen molar-refractivity contribution in [3.63, 3.8) is 0 Å². The molecule has 6 heteroatoms. The SMILES string of the molecule is CCC(C)(C)NC(=O)NCc1cc(C(=O)O)ccn1. The lowest BCUT2D eigenvalue weighted by molar-refractivity contribution is 0.0696. The highest BCUT2D eigenvalue weighted by molar-refractivity contribution is 5.87. The Labute approximate surface area is 112 Å². The Morgan fingerprint density at radius 2 is 2.11 bits per heavy atom. The molecule has 0 bridgehead atoms. The molecule has 0 radical (unpaired) electrons. The van der Waals surface area contributed by atoms with Crippen LogP contribution in [0.5, 0.6) is 0 Å². The average Bonchev–Trinajstić information content (AvgIpc) is 2.36. The van der Waals surface area contributed by atoms with Crippen molar-refractivity contribution in [3.05, 3.63) is 29.6 Å². The molecule has 0 atom stereocenters. The first-order valence-corrected chi connectivity index (χ1v) is 6.08. The molecule has 0 fully saturated rings. The number of rotatable bonds is 5. The Balaban J connectivity index is 2.55. The molecule has 0 aliphatic heterocycles. The van der Waals surface area contributed by atoms with Gasteiger partial charge in [0.15, 0.2) is 0 Å². The molecular weight excluding hydrogens is 246 g/mol. The lowest BCUT2D eigenvalue weighted by Gasteiger charge is -2.24. The van der Waals surface area contributed by atoms with E-state index in [-0.39, 0.29) is 23.7 Å². The molecule has 0 unspecified atom stereocenters. The van der Waals surface area contributed by atoms with Crippen molar-refractivity contribution in [2.75, 3.05) is 0 Å². The van der Waals surface area contributed by atoms with Crippen molar-refractivity contribution in [2.45, 2.75) is 39.3 Å². The second-order valence-electron chi connectivity index (χ2n) is 4.89. The van der Waals surface area contributed by atoms with Crippen LogP contribution in [0, 0.1) is 0 Å². The van der Waals surface area contributed by atoms with E-state index in [0.29, 0.717) is 5.69 Å². The van der Waals surface area contributed by atoms with Crippen LogP contribution in [0.2, 0.25) is 0 Å². The number of aromatic carboxylic acids is 1. The molecule has 0 aliphatic carbocycles. The Morgan fingerprint density at radius 3 is 2.68 bits per heavy atom. The fourth-order valence-corrected chi connectivity index (χ4v) is 1.32. The Kier molecular flexibility index (Phi) is 4.86. The third kappa shape index (κ3) is 4.95. The van der Waals surface area contributed by atoms with Gasteiger partial charge >= 0.3 is 12.0 Å². The first-order chi connectivity index (χ1) is 8.84. The van der Waals surface area contributed by atoms with Crippen LogP contribution in [-0.4, -0.2) is 27.6 Å². The van der Waals surface area contributed by atoms with Crippen molar-refractivity contribution in [2.24, 2.45) is 0 Å². The third-order valence-electron chi connectivity index (χ3n) is 2.83. The van der Waals surface area contributed by atoms with E-state index in [0.717, 1.165) is 6.42 Å². The maximum atomic E-state index is 11.6. The summed E-state index contributed by atoms with van der Waals surface area (Å²) in [5.74, 6) is -1.01. The first-order valence-electron chi connectivity index (χ1n) is 6.08. The summed E-state index contributed by atoms with van der Waals surface area (Å²) >= 11 is 0. The zero-order valence-corrected chi connectivity index (χ0v) is 11.4. The molecule has 0 saturated carbocycles.